The standard InChI is InChI=1S/C9H15N5O3/c1-9(2,10)8(17)11-3-6-4-14(13-12-6)5-7(15)16/h4H,3,5,10H2,1-2H3,(H,11,17)(H,15,16). The molecule has 0 aliphatic carbocycles. The Labute approximate surface area is 97.8 Å². The molecule has 0 saturated carbocycles. The molecular weight excluding hydrogens is 226 g/mol. The summed E-state index contributed by atoms with van der Waals surface area (Å²) < 4.78 is 1.18. The molecule has 0 aliphatic heterocycles. The first kappa shape index (κ1) is 13.1. The summed E-state index contributed by atoms with van der Waals surface area (Å²) in [6, 6.07) is 0. The Morgan fingerprint density at radius 3 is 2.76 bits per heavy atom. The molecule has 0 unspecified atom stereocenters. The maximum Gasteiger partial charge on any atom is 0.325 e. The minimum Gasteiger partial charge on any atom is -0.480 e. The van der Waals surface area contributed by atoms with Crippen LogP contribution in [0.3, 0.4) is 0 Å². The Morgan fingerprint density at radius 2 is 2.24 bits per heavy atom. The Hall–Kier alpha value is -1.96. The van der Waals surface area contributed by atoms with Crippen molar-refractivity contribution in [2.45, 2.75) is 32.5 Å². The Balaban J connectivity index is 2.50. The molecule has 8 heteroatoms. The number of nitrogens with one attached hydrogen (secondary N) is 1. The van der Waals surface area contributed by atoms with Gasteiger partial charge in [0.2, 0.25) is 5.91 Å². The van der Waals surface area contributed by atoms with Crippen LogP contribution in [0.2, 0.25) is 0 Å². The van der Waals surface area contributed by atoms with Crippen molar-refractivity contribution in [2.24, 2.45) is 5.73 Å². The van der Waals surface area contributed by atoms with Gasteiger partial charge in [-0.25, -0.2) is 4.68 Å². The van der Waals surface area contributed by atoms with Crippen molar-refractivity contribution in [3.8, 4) is 0 Å². The van der Waals surface area contributed by atoms with Gasteiger partial charge >= 0.3 is 5.97 Å². The second kappa shape index (κ2) is 4.91. The number of carbonyl (C=O) groups is 2. The fourth-order valence-corrected chi connectivity index (χ4v) is 1.03. The van der Waals surface area contributed by atoms with E-state index in [1.54, 1.807) is 13.8 Å². The molecule has 0 saturated heterocycles. The number of hydrogen-bond donors (Lipinski definition) is 3. The van der Waals surface area contributed by atoms with E-state index in [0.717, 1.165) is 0 Å². The average molecular weight is 241 g/mol. The van der Waals surface area contributed by atoms with Gasteiger partial charge in [0.15, 0.2) is 0 Å². The quantitative estimate of drug-likeness (QED) is 0.589. The number of carbonyl (C=O) groups excluding carboxylic acids is 1. The van der Waals surface area contributed by atoms with Gasteiger partial charge in [-0.05, 0) is 13.8 Å². The van der Waals surface area contributed by atoms with E-state index in [1.807, 2.05) is 0 Å². The molecule has 8 nitrogen and oxygen atoms in total. The van der Waals surface area contributed by atoms with Gasteiger partial charge in [0, 0.05) is 0 Å². The lowest BCUT2D eigenvalue weighted by Crippen LogP contribution is -2.48. The number of aliphatic carboxylic acids is 1. The maximum atomic E-state index is 11.4. The predicted molar refractivity (Wildman–Crippen MR) is 57.8 cm³/mol. The molecule has 94 valence electrons. The van der Waals surface area contributed by atoms with Crippen LogP contribution in [0.4, 0.5) is 0 Å². The summed E-state index contributed by atoms with van der Waals surface area (Å²) in [5.74, 6) is -1.32. The number of aromatic nitrogens is 3. The van der Waals surface area contributed by atoms with Crippen molar-refractivity contribution < 1.29 is 14.7 Å². The Bertz CT molecular complexity index is 421. The fourth-order valence-electron chi connectivity index (χ4n) is 1.03. The zero-order valence-corrected chi connectivity index (χ0v) is 9.67. The lowest BCUT2D eigenvalue weighted by atomic mass is 10.1. The van der Waals surface area contributed by atoms with Crippen molar-refractivity contribution in [3.05, 3.63) is 11.9 Å². The molecule has 1 rings (SSSR count). The second-order valence-electron chi connectivity index (χ2n) is 4.21. The van der Waals surface area contributed by atoms with Crippen molar-refractivity contribution in [2.75, 3.05) is 0 Å². The van der Waals surface area contributed by atoms with E-state index in [1.165, 1.54) is 10.9 Å². The highest BCUT2D eigenvalue weighted by Gasteiger charge is 2.21. The van der Waals surface area contributed by atoms with E-state index in [4.69, 9.17) is 10.8 Å². The van der Waals surface area contributed by atoms with Crippen LogP contribution < -0.4 is 11.1 Å². The molecule has 0 aliphatic rings. The number of rotatable bonds is 5. The summed E-state index contributed by atoms with van der Waals surface area (Å²) in [5.41, 5.74) is 5.10. The first-order chi connectivity index (χ1) is 7.79. The van der Waals surface area contributed by atoms with E-state index in [9.17, 15) is 9.59 Å². The number of hydrogen-bond acceptors (Lipinski definition) is 5. The monoisotopic (exact) mass is 241 g/mol. The molecule has 0 radical (unpaired) electrons. The molecule has 0 aromatic carbocycles. The van der Waals surface area contributed by atoms with Crippen LogP contribution >= 0.6 is 0 Å². The van der Waals surface area contributed by atoms with E-state index in [-0.39, 0.29) is 19.0 Å². The summed E-state index contributed by atoms with van der Waals surface area (Å²) in [6.45, 7) is 3.08. The topological polar surface area (TPSA) is 123 Å². The molecule has 0 bridgehead atoms. The van der Waals surface area contributed by atoms with Gasteiger partial charge in [-0.1, -0.05) is 5.21 Å². The zero-order chi connectivity index (χ0) is 13.1. The van der Waals surface area contributed by atoms with Crippen molar-refractivity contribution >= 4 is 11.9 Å². The largest absolute Gasteiger partial charge is 0.480 e. The lowest BCUT2D eigenvalue weighted by Gasteiger charge is -2.16. The van der Waals surface area contributed by atoms with Crippen LogP contribution in [0, 0.1) is 0 Å². The third-order valence-corrected chi connectivity index (χ3v) is 1.90. The fraction of sp³-hybridized carbons (Fsp3) is 0.556. The minimum absolute atomic E-state index is 0.166. The molecule has 0 fully saturated rings. The molecule has 0 atom stereocenters. The Kier molecular flexibility index (Phi) is 3.79. The molecule has 1 aromatic heterocycles. The summed E-state index contributed by atoms with van der Waals surface area (Å²) in [5, 5.41) is 18.4. The van der Waals surface area contributed by atoms with E-state index in [0.29, 0.717) is 5.69 Å². The van der Waals surface area contributed by atoms with Crippen LogP contribution in [0.1, 0.15) is 19.5 Å². The molecule has 17 heavy (non-hydrogen) atoms. The third-order valence-electron chi connectivity index (χ3n) is 1.90. The Morgan fingerprint density at radius 1 is 1.59 bits per heavy atom. The van der Waals surface area contributed by atoms with Crippen molar-refractivity contribution in [1.29, 1.82) is 0 Å². The van der Waals surface area contributed by atoms with Crippen LogP contribution in [0.5, 0.6) is 0 Å². The normalized spacial score (nSPS) is 11.2. The highest BCUT2D eigenvalue weighted by atomic mass is 16.4. The molecule has 4 N–H and O–H groups in total. The van der Waals surface area contributed by atoms with Gasteiger partial charge in [-0.3, -0.25) is 9.59 Å². The first-order valence-electron chi connectivity index (χ1n) is 4.97. The molecule has 1 amide bonds. The molecular formula is C9H15N5O3. The average Bonchev–Trinajstić information content (AvgIpc) is 2.59. The van der Waals surface area contributed by atoms with Crippen LogP contribution in [0.15, 0.2) is 6.20 Å². The van der Waals surface area contributed by atoms with Gasteiger partial charge in [-0.2, -0.15) is 0 Å². The van der Waals surface area contributed by atoms with Gasteiger partial charge in [0.1, 0.15) is 12.2 Å². The van der Waals surface area contributed by atoms with E-state index >= 15 is 0 Å². The van der Waals surface area contributed by atoms with E-state index in [2.05, 4.69) is 15.6 Å². The summed E-state index contributed by atoms with van der Waals surface area (Å²) in [4.78, 5) is 21.8. The summed E-state index contributed by atoms with van der Waals surface area (Å²) in [7, 11) is 0. The SMILES string of the molecule is CC(C)(N)C(=O)NCc1cn(CC(=O)O)nn1. The zero-order valence-electron chi connectivity index (χ0n) is 9.67. The second-order valence-corrected chi connectivity index (χ2v) is 4.21. The number of amides is 1. The number of carboxylic acids is 1. The summed E-state index contributed by atoms with van der Waals surface area (Å²) >= 11 is 0. The number of nitrogens with zero attached hydrogens (tertiary/aromatic N) is 3. The predicted octanol–water partition coefficient (Wildman–Crippen LogP) is -1.28. The minimum atomic E-state index is -1.01. The van der Waals surface area contributed by atoms with Crippen molar-refractivity contribution in [3.63, 3.8) is 0 Å². The number of nitrogens with two attached hydrogens (primary N) is 1. The van der Waals surface area contributed by atoms with Gasteiger partial charge < -0.3 is 16.2 Å². The van der Waals surface area contributed by atoms with Crippen LogP contribution in [-0.2, 0) is 22.7 Å². The van der Waals surface area contributed by atoms with Crippen LogP contribution in [0.25, 0.3) is 0 Å². The number of carboxylic acid groups (broad SMARTS) is 1. The van der Waals surface area contributed by atoms with Crippen molar-refractivity contribution in [1.82, 2.24) is 20.3 Å². The van der Waals surface area contributed by atoms with Gasteiger partial charge in [0.05, 0.1) is 18.3 Å². The highest BCUT2D eigenvalue weighted by Crippen LogP contribution is 1.98. The third kappa shape index (κ3) is 4.19. The van der Waals surface area contributed by atoms with Gasteiger partial charge in [-0.15, -0.1) is 5.10 Å². The molecule has 0 spiro atoms. The summed E-state index contributed by atoms with van der Waals surface area (Å²) in [6.07, 6.45) is 1.46. The lowest BCUT2D eigenvalue weighted by molar-refractivity contribution is -0.138. The van der Waals surface area contributed by atoms with Gasteiger partial charge in [0.25, 0.3) is 0 Å². The highest BCUT2D eigenvalue weighted by molar-refractivity contribution is 5.84. The maximum absolute atomic E-state index is 11.4. The smallest absolute Gasteiger partial charge is 0.325 e. The molecule has 1 heterocycles. The van der Waals surface area contributed by atoms with E-state index < -0.39 is 11.5 Å². The molecule has 1 aromatic rings. The first-order valence-corrected chi connectivity index (χ1v) is 4.97. The van der Waals surface area contributed by atoms with Crippen LogP contribution in [-0.4, -0.2) is 37.5 Å².